The fourth-order valence-corrected chi connectivity index (χ4v) is 3.76. The van der Waals surface area contributed by atoms with E-state index in [4.69, 9.17) is 4.74 Å². The highest BCUT2D eigenvalue weighted by Crippen LogP contribution is 2.35. The Bertz CT molecular complexity index is 1000. The average Bonchev–Trinajstić information content (AvgIpc) is 2.95. The van der Waals surface area contributed by atoms with Gasteiger partial charge in [0, 0.05) is 18.7 Å². The minimum atomic E-state index is -0.521. The molecule has 0 saturated carbocycles. The molecule has 0 aliphatic carbocycles. The van der Waals surface area contributed by atoms with Crippen molar-refractivity contribution in [2.75, 3.05) is 7.05 Å². The molecule has 1 aliphatic heterocycles. The van der Waals surface area contributed by atoms with E-state index in [1.807, 2.05) is 25.1 Å². The first-order chi connectivity index (χ1) is 13.9. The lowest BCUT2D eigenvalue weighted by atomic mass is 10.1. The summed E-state index contributed by atoms with van der Waals surface area (Å²) in [6.45, 7) is 3.40. The molecule has 0 aromatic heterocycles. The number of phenols is 1. The number of aliphatic imine (C=N–C) groups is 1. The van der Waals surface area contributed by atoms with E-state index in [1.54, 1.807) is 37.4 Å². The molecule has 1 aliphatic rings. The monoisotopic (exact) mass is 410 g/mol. The zero-order chi connectivity index (χ0) is 21.0. The SMILES string of the molecule is CCC(Oc1ccccc1/C=C1\SC(=Nc2cccc(O)c2)N(C)C1=O)C(C)=O. The van der Waals surface area contributed by atoms with Crippen molar-refractivity contribution in [1.82, 2.24) is 4.90 Å². The molecule has 3 rings (SSSR count). The molecule has 0 radical (unpaired) electrons. The lowest BCUT2D eigenvalue weighted by Gasteiger charge is -2.16. The van der Waals surface area contributed by atoms with Gasteiger partial charge in [0.2, 0.25) is 0 Å². The van der Waals surface area contributed by atoms with Crippen molar-refractivity contribution in [3.63, 3.8) is 0 Å². The molecule has 7 heteroatoms. The second kappa shape index (κ2) is 8.96. The summed E-state index contributed by atoms with van der Waals surface area (Å²) in [4.78, 5) is 30.8. The largest absolute Gasteiger partial charge is 0.508 e. The summed E-state index contributed by atoms with van der Waals surface area (Å²) >= 11 is 1.25. The molecule has 1 amide bonds. The molecule has 6 nitrogen and oxygen atoms in total. The number of hydrogen-bond donors (Lipinski definition) is 1. The molecular formula is C22H22N2O4S. The number of amidine groups is 1. The Labute approximate surface area is 173 Å². The minimum absolute atomic E-state index is 0.0402. The summed E-state index contributed by atoms with van der Waals surface area (Å²) in [5, 5.41) is 10.1. The molecule has 1 fully saturated rings. The first-order valence-electron chi connectivity index (χ1n) is 9.20. The number of Topliss-reactive ketones (excluding diaryl/α,β-unsaturated/α-hetero) is 1. The van der Waals surface area contributed by atoms with Gasteiger partial charge in [0.25, 0.3) is 5.91 Å². The molecule has 2 aromatic carbocycles. The van der Waals surface area contributed by atoms with Crippen LogP contribution in [0.25, 0.3) is 6.08 Å². The lowest BCUT2D eigenvalue weighted by Crippen LogP contribution is -2.24. The quantitative estimate of drug-likeness (QED) is 0.715. The number of benzene rings is 2. The van der Waals surface area contributed by atoms with E-state index in [2.05, 4.69) is 4.99 Å². The van der Waals surface area contributed by atoms with Crippen molar-refractivity contribution in [2.45, 2.75) is 26.4 Å². The van der Waals surface area contributed by atoms with E-state index in [1.165, 1.54) is 29.7 Å². The molecule has 150 valence electrons. The van der Waals surface area contributed by atoms with Crippen molar-refractivity contribution in [1.29, 1.82) is 0 Å². The smallest absolute Gasteiger partial charge is 0.266 e. The van der Waals surface area contributed by atoms with Crippen molar-refractivity contribution < 1.29 is 19.4 Å². The van der Waals surface area contributed by atoms with Gasteiger partial charge < -0.3 is 9.84 Å². The number of ketones is 1. The van der Waals surface area contributed by atoms with E-state index in [-0.39, 0.29) is 17.4 Å². The number of hydrogen-bond acceptors (Lipinski definition) is 6. The van der Waals surface area contributed by atoms with Crippen LogP contribution in [0.3, 0.4) is 0 Å². The van der Waals surface area contributed by atoms with E-state index >= 15 is 0 Å². The van der Waals surface area contributed by atoms with Gasteiger partial charge in [0.1, 0.15) is 11.5 Å². The van der Waals surface area contributed by atoms with Gasteiger partial charge in [-0.05, 0) is 49.4 Å². The maximum absolute atomic E-state index is 12.7. The van der Waals surface area contributed by atoms with Gasteiger partial charge in [-0.3, -0.25) is 14.5 Å². The minimum Gasteiger partial charge on any atom is -0.508 e. The Hall–Kier alpha value is -3.06. The number of carbonyl (C=O) groups is 2. The van der Waals surface area contributed by atoms with Crippen LogP contribution in [0.1, 0.15) is 25.8 Å². The normalized spacial score (nSPS) is 17.8. The number of likely N-dealkylation sites (N-methyl/N-ethyl adjacent to an activating group) is 1. The first kappa shape index (κ1) is 20.7. The molecule has 2 aromatic rings. The van der Waals surface area contributed by atoms with Crippen molar-refractivity contribution in [2.24, 2.45) is 4.99 Å². The number of thioether (sulfide) groups is 1. The van der Waals surface area contributed by atoms with E-state index in [9.17, 15) is 14.7 Å². The molecule has 29 heavy (non-hydrogen) atoms. The van der Waals surface area contributed by atoms with Crippen molar-refractivity contribution in [3.8, 4) is 11.5 Å². The topological polar surface area (TPSA) is 79.2 Å². The molecule has 1 heterocycles. The van der Waals surface area contributed by atoms with Gasteiger partial charge in [0.15, 0.2) is 17.1 Å². The number of para-hydroxylation sites is 1. The third-order valence-corrected chi connectivity index (χ3v) is 5.42. The number of carbonyl (C=O) groups excluding carboxylic acids is 2. The second-order valence-electron chi connectivity index (χ2n) is 6.55. The number of nitrogens with zero attached hydrogens (tertiary/aromatic N) is 2. The van der Waals surface area contributed by atoms with Crippen LogP contribution in [0.2, 0.25) is 0 Å². The Kier molecular flexibility index (Phi) is 6.39. The van der Waals surface area contributed by atoms with E-state index < -0.39 is 6.10 Å². The number of amides is 1. The summed E-state index contributed by atoms with van der Waals surface area (Å²) in [7, 11) is 1.66. The molecule has 0 bridgehead atoms. The summed E-state index contributed by atoms with van der Waals surface area (Å²) < 4.78 is 5.88. The molecule has 1 saturated heterocycles. The third-order valence-electron chi connectivity index (χ3n) is 4.36. The first-order valence-corrected chi connectivity index (χ1v) is 10.0. The highest BCUT2D eigenvalue weighted by Gasteiger charge is 2.30. The van der Waals surface area contributed by atoms with Crippen LogP contribution in [0.15, 0.2) is 58.4 Å². The maximum Gasteiger partial charge on any atom is 0.266 e. The van der Waals surface area contributed by atoms with Crippen LogP contribution in [-0.2, 0) is 9.59 Å². The summed E-state index contributed by atoms with van der Waals surface area (Å²) in [6.07, 6.45) is 1.79. The molecular weight excluding hydrogens is 388 g/mol. The van der Waals surface area contributed by atoms with Crippen LogP contribution in [0.4, 0.5) is 5.69 Å². The third kappa shape index (κ3) is 4.86. The fraction of sp³-hybridized carbons (Fsp3) is 0.227. The Balaban J connectivity index is 1.90. The summed E-state index contributed by atoms with van der Waals surface area (Å²) in [5.74, 6) is 0.446. The van der Waals surface area contributed by atoms with Gasteiger partial charge >= 0.3 is 0 Å². The summed E-state index contributed by atoms with van der Waals surface area (Å²) in [5.41, 5.74) is 1.28. The van der Waals surface area contributed by atoms with E-state index in [0.29, 0.717) is 27.9 Å². The van der Waals surface area contributed by atoms with Crippen LogP contribution in [-0.4, -0.2) is 40.0 Å². The number of ether oxygens (including phenoxy) is 1. The van der Waals surface area contributed by atoms with Crippen LogP contribution in [0, 0.1) is 0 Å². The number of aromatic hydroxyl groups is 1. The maximum atomic E-state index is 12.7. The second-order valence-corrected chi connectivity index (χ2v) is 7.56. The Morgan fingerprint density at radius 3 is 2.72 bits per heavy atom. The lowest BCUT2D eigenvalue weighted by molar-refractivity contribution is -0.123. The molecule has 1 atom stereocenters. The predicted molar refractivity (Wildman–Crippen MR) is 115 cm³/mol. The van der Waals surface area contributed by atoms with Gasteiger partial charge in [-0.15, -0.1) is 0 Å². The molecule has 1 N–H and O–H groups in total. The van der Waals surface area contributed by atoms with Crippen LogP contribution < -0.4 is 4.74 Å². The van der Waals surface area contributed by atoms with Crippen LogP contribution >= 0.6 is 11.8 Å². The van der Waals surface area contributed by atoms with E-state index in [0.717, 1.165) is 5.56 Å². The Morgan fingerprint density at radius 1 is 1.28 bits per heavy atom. The van der Waals surface area contributed by atoms with Gasteiger partial charge in [-0.2, -0.15) is 0 Å². The highest BCUT2D eigenvalue weighted by molar-refractivity contribution is 8.18. The average molecular weight is 410 g/mol. The fourth-order valence-electron chi connectivity index (χ4n) is 2.78. The van der Waals surface area contributed by atoms with Crippen molar-refractivity contribution >= 4 is 40.4 Å². The summed E-state index contributed by atoms with van der Waals surface area (Å²) in [6, 6.07) is 13.8. The highest BCUT2D eigenvalue weighted by atomic mass is 32.2. The zero-order valence-corrected chi connectivity index (χ0v) is 17.3. The van der Waals surface area contributed by atoms with Gasteiger partial charge in [-0.25, -0.2) is 4.99 Å². The Morgan fingerprint density at radius 2 is 2.03 bits per heavy atom. The molecule has 0 spiro atoms. The molecule has 1 unspecified atom stereocenters. The van der Waals surface area contributed by atoms with Gasteiger partial charge in [0.05, 0.1) is 10.6 Å². The van der Waals surface area contributed by atoms with Crippen LogP contribution in [0.5, 0.6) is 11.5 Å². The standard InChI is InChI=1S/C22H22N2O4S/c1-4-18(14(2)25)28-19-11-6-5-8-15(19)12-20-21(27)24(3)22(29-20)23-16-9-7-10-17(26)13-16/h5-13,18,26H,4H2,1-3H3/b20-12-,23-22?. The van der Waals surface area contributed by atoms with Gasteiger partial charge in [-0.1, -0.05) is 31.2 Å². The predicted octanol–water partition coefficient (Wildman–Crippen LogP) is 4.37. The zero-order valence-electron chi connectivity index (χ0n) is 16.5. The number of rotatable bonds is 6. The number of phenolic OH excluding ortho intramolecular Hbond substituents is 1. The van der Waals surface area contributed by atoms with Crippen molar-refractivity contribution in [3.05, 3.63) is 59.0 Å².